The summed E-state index contributed by atoms with van der Waals surface area (Å²) in [5, 5.41) is 7.62. The van der Waals surface area contributed by atoms with Crippen LogP contribution in [0.3, 0.4) is 0 Å². The zero-order valence-electron chi connectivity index (χ0n) is 17.2. The molecule has 4 amide bonds. The number of urea groups is 1. The summed E-state index contributed by atoms with van der Waals surface area (Å²) in [6, 6.07) is 9.81. The van der Waals surface area contributed by atoms with Crippen LogP contribution in [0.15, 0.2) is 40.9 Å². The highest BCUT2D eigenvalue weighted by atomic mass is 79.9. The minimum absolute atomic E-state index is 0.00724. The highest BCUT2D eigenvalue weighted by molar-refractivity contribution is 9.10. The lowest BCUT2D eigenvalue weighted by Gasteiger charge is -2.19. The van der Waals surface area contributed by atoms with Crippen LogP contribution in [0.1, 0.15) is 5.56 Å². The first-order chi connectivity index (χ1) is 14.8. The molecule has 1 aliphatic heterocycles. The molecule has 1 heterocycles. The van der Waals surface area contributed by atoms with Gasteiger partial charge in [-0.25, -0.2) is 4.79 Å². The van der Waals surface area contributed by atoms with Gasteiger partial charge < -0.3 is 20.1 Å². The first-order valence-electron chi connectivity index (χ1n) is 9.55. The molecular formula is C21H23BrN4O5. The van der Waals surface area contributed by atoms with Crippen LogP contribution in [0.4, 0.5) is 16.2 Å². The number of halogens is 1. The average molecular weight is 491 g/mol. The van der Waals surface area contributed by atoms with Crippen molar-refractivity contribution in [1.82, 2.24) is 10.2 Å². The molecule has 3 N–H and O–H groups in total. The Labute approximate surface area is 188 Å². The number of carbonyl (C=O) groups is 3. The predicted molar refractivity (Wildman–Crippen MR) is 120 cm³/mol. The van der Waals surface area contributed by atoms with Gasteiger partial charge in [-0.3, -0.25) is 19.8 Å². The topological polar surface area (TPSA) is 109 Å². The van der Waals surface area contributed by atoms with Crippen molar-refractivity contribution < 1.29 is 23.9 Å². The van der Waals surface area contributed by atoms with E-state index in [9.17, 15) is 14.4 Å². The van der Waals surface area contributed by atoms with Crippen LogP contribution >= 0.6 is 15.9 Å². The Morgan fingerprint density at radius 1 is 0.968 bits per heavy atom. The molecule has 0 atom stereocenters. The number of carbonyl (C=O) groups excluding carboxylic acids is 3. The highest BCUT2D eigenvalue weighted by Crippen LogP contribution is 2.32. The number of hydrogen-bond donors (Lipinski definition) is 3. The quantitative estimate of drug-likeness (QED) is 0.574. The van der Waals surface area contributed by atoms with E-state index in [0.29, 0.717) is 36.1 Å². The molecule has 0 spiro atoms. The summed E-state index contributed by atoms with van der Waals surface area (Å²) in [6.45, 7) is 2.66. The van der Waals surface area contributed by atoms with E-state index in [1.165, 1.54) is 4.90 Å². The molecule has 164 valence electrons. The minimum atomic E-state index is -0.676. The van der Waals surface area contributed by atoms with Crippen molar-refractivity contribution in [3.63, 3.8) is 0 Å². The molecule has 1 aliphatic rings. The van der Waals surface area contributed by atoms with E-state index >= 15 is 0 Å². The number of imide groups is 1. The minimum Gasteiger partial charge on any atom is -0.486 e. The smallest absolute Gasteiger partial charge is 0.325 e. The maximum Gasteiger partial charge on any atom is 0.325 e. The third-order valence-corrected chi connectivity index (χ3v) is 4.84. The Bertz CT molecular complexity index is 998. The molecule has 9 nitrogen and oxygen atoms in total. The SMILES string of the molecule is Cc1cc(Br)ccc1NC(=O)CN(C)CC(=O)NC(=O)Nc1ccc2c(c1)OCCO2. The van der Waals surface area contributed by atoms with Gasteiger partial charge in [0.2, 0.25) is 11.8 Å². The molecular weight excluding hydrogens is 468 g/mol. The Balaban J connectivity index is 1.44. The normalized spacial score (nSPS) is 12.3. The second-order valence-corrected chi connectivity index (χ2v) is 7.96. The second-order valence-electron chi connectivity index (χ2n) is 7.04. The van der Waals surface area contributed by atoms with Gasteiger partial charge in [-0.1, -0.05) is 15.9 Å². The summed E-state index contributed by atoms with van der Waals surface area (Å²) >= 11 is 3.38. The van der Waals surface area contributed by atoms with Crippen LogP contribution in [0, 0.1) is 6.92 Å². The fourth-order valence-corrected chi connectivity index (χ4v) is 3.43. The molecule has 0 aliphatic carbocycles. The molecule has 0 saturated heterocycles. The molecule has 2 aromatic rings. The Morgan fingerprint density at radius 3 is 2.42 bits per heavy atom. The Kier molecular flexibility index (Phi) is 7.48. The summed E-state index contributed by atoms with van der Waals surface area (Å²) in [5.41, 5.74) is 2.08. The number of rotatable bonds is 6. The van der Waals surface area contributed by atoms with Crippen molar-refractivity contribution in [2.24, 2.45) is 0 Å². The molecule has 0 aromatic heterocycles. The van der Waals surface area contributed by atoms with Gasteiger partial charge in [0.25, 0.3) is 0 Å². The van der Waals surface area contributed by atoms with Gasteiger partial charge in [0.05, 0.1) is 13.1 Å². The van der Waals surface area contributed by atoms with Gasteiger partial charge in [0.1, 0.15) is 13.2 Å². The first-order valence-corrected chi connectivity index (χ1v) is 10.3. The largest absolute Gasteiger partial charge is 0.486 e. The third kappa shape index (κ3) is 6.69. The van der Waals surface area contributed by atoms with Crippen molar-refractivity contribution in [3.8, 4) is 11.5 Å². The standard InChI is InChI=1S/C21H23BrN4O5/c1-13-9-14(22)3-5-16(13)24-19(27)11-26(2)12-20(28)25-21(29)23-15-4-6-17-18(10-15)31-8-7-30-17/h3-6,9-10H,7-8,11-12H2,1-2H3,(H,24,27)(H2,23,25,28,29). The van der Waals surface area contributed by atoms with Crippen molar-refractivity contribution in [2.75, 3.05) is 44.0 Å². The van der Waals surface area contributed by atoms with Crippen LogP contribution in [-0.4, -0.2) is 56.1 Å². The molecule has 31 heavy (non-hydrogen) atoms. The van der Waals surface area contributed by atoms with Crippen molar-refractivity contribution >= 4 is 45.2 Å². The lowest BCUT2D eigenvalue weighted by molar-refractivity contribution is -0.122. The van der Waals surface area contributed by atoms with Crippen LogP contribution in [0.2, 0.25) is 0 Å². The van der Waals surface area contributed by atoms with Gasteiger partial charge in [-0.2, -0.15) is 0 Å². The monoisotopic (exact) mass is 490 g/mol. The Morgan fingerprint density at radius 2 is 1.68 bits per heavy atom. The number of fused-ring (bicyclic) bond motifs is 1. The molecule has 0 radical (unpaired) electrons. The van der Waals surface area contributed by atoms with E-state index in [1.807, 2.05) is 19.1 Å². The average Bonchev–Trinajstić information content (AvgIpc) is 2.69. The zero-order valence-corrected chi connectivity index (χ0v) is 18.7. The van der Waals surface area contributed by atoms with Crippen molar-refractivity contribution in [2.45, 2.75) is 6.92 Å². The van der Waals surface area contributed by atoms with Gasteiger partial charge in [-0.05, 0) is 49.9 Å². The van der Waals surface area contributed by atoms with E-state index in [4.69, 9.17) is 9.47 Å². The molecule has 0 unspecified atom stereocenters. The molecule has 0 fully saturated rings. The van der Waals surface area contributed by atoms with Crippen LogP contribution < -0.4 is 25.4 Å². The zero-order chi connectivity index (χ0) is 22.4. The lowest BCUT2D eigenvalue weighted by atomic mass is 10.2. The number of aryl methyl sites for hydroxylation is 1. The molecule has 10 heteroatoms. The van der Waals surface area contributed by atoms with Crippen molar-refractivity contribution in [3.05, 3.63) is 46.4 Å². The maximum absolute atomic E-state index is 12.2. The third-order valence-electron chi connectivity index (χ3n) is 4.34. The van der Waals surface area contributed by atoms with Gasteiger partial charge in [0.15, 0.2) is 11.5 Å². The van der Waals surface area contributed by atoms with E-state index in [0.717, 1.165) is 10.0 Å². The number of amides is 4. The number of anilines is 2. The molecule has 2 aromatic carbocycles. The highest BCUT2D eigenvalue weighted by Gasteiger charge is 2.16. The van der Waals surface area contributed by atoms with Crippen molar-refractivity contribution in [1.29, 1.82) is 0 Å². The van der Waals surface area contributed by atoms with E-state index < -0.39 is 11.9 Å². The van der Waals surface area contributed by atoms with E-state index in [1.54, 1.807) is 31.3 Å². The number of ether oxygens (including phenoxy) is 2. The second kappa shape index (κ2) is 10.3. The number of likely N-dealkylation sites (N-methyl/N-ethyl adjacent to an activating group) is 1. The summed E-state index contributed by atoms with van der Waals surface area (Å²) in [4.78, 5) is 37.9. The summed E-state index contributed by atoms with van der Waals surface area (Å²) in [6.07, 6.45) is 0. The molecule has 0 saturated carbocycles. The summed E-state index contributed by atoms with van der Waals surface area (Å²) in [5.74, 6) is 0.334. The van der Waals surface area contributed by atoms with Crippen LogP contribution in [0.25, 0.3) is 0 Å². The van der Waals surface area contributed by atoms with E-state index in [2.05, 4.69) is 31.9 Å². The van der Waals surface area contributed by atoms with E-state index in [-0.39, 0.29) is 19.0 Å². The fourth-order valence-electron chi connectivity index (χ4n) is 2.95. The first kappa shape index (κ1) is 22.6. The van der Waals surface area contributed by atoms with Crippen LogP contribution in [-0.2, 0) is 9.59 Å². The van der Waals surface area contributed by atoms with Gasteiger partial charge in [-0.15, -0.1) is 0 Å². The number of nitrogens with one attached hydrogen (secondary N) is 3. The lowest BCUT2D eigenvalue weighted by Crippen LogP contribution is -2.42. The maximum atomic E-state index is 12.2. The van der Waals surface area contributed by atoms with Gasteiger partial charge in [0, 0.05) is 21.9 Å². The predicted octanol–water partition coefficient (Wildman–Crippen LogP) is 2.75. The molecule has 3 rings (SSSR count). The number of benzene rings is 2. The number of hydrogen-bond acceptors (Lipinski definition) is 6. The van der Waals surface area contributed by atoms with Gasteiger partial charge >= 0.3 is 6.03 Å². The summed E-state index contributed by atoms with van der Waals surface area (Å²) < 4.78 is 11.8. The molecule has 0 bridgehead atoms. The Hall–Kier alpha value is -3.11. The summed E-state index contributed by atoms with van der Waals surface area (Å²) in [7, 11) is 1.62. The fraction of sp³-hybridized carbons (Fsp3) is 0.286. The number of nitrogens with zero attached hydrogens (tertiary/aromatic N) is 1. The van der Waals surface area contributed by atoms with Crippen LogP contribution in [0.5, 0.6) is 11.5 Å².